The van der Waals surface area contributed by atoms with Gasteiger partial charge in [-0.2, -0.15) is 4.37 Å². The average molecular weight is 476 g/mol. The van der Waals surface area contributed by atoms with Crippen molar-refractivity contribution < 1.29 is 4.79 Å². The second-order valence-electron chi connectivity index (χ2n) is 7.51. The molecular formula is C22H23Cl2N5OS. The molecule has 0 unspecified atom stereocenters. The van der Waals surface area contributed by atoms with Crippen LogP contribution in [0.4, 0.5) is 15.6 Å². The van der Waals surface area contributed by atoms with Gasteiger partial charge in [-0.25, -0.2) is 9.78 Å². The number of rotatable bonds is 4. The van der Waals surface area contributed by atoms with E-state index in [1.807, 2.05) is 0 Å². The molecule has 0 aliphatic carbocycles. The number of amides is 2. The molecule has 4 rings (SSSR count). The Morgan fingerprint density at radius 3 is 2.55 bits per heavy atom. The van der Waals surface area contributed by atoms with E-state index in [4.69, 9.17) is 28.2 Å². The third-order valence-electron chi connectivity index (χ3n) is 5.19. The van der Waals surface area contributed by atoms with Crippen molar-refractivity contribution in [2.24, 2.45) is 0 Å². The molecule has 1 N–H and O–H groups in total. The SMILES string of the molecule is Cc1ccc(Cc2nsc(N3CCCN(C(=O)Nc4c(Cl)cccc4Cl)CC3)n2)cc1. The number of para-hydroxylation sites is 1. The molecule has 1 aromatic heterocycles. The number of hydrogen-bond acceptors (Lipinski definition) is 5. The van der Waals surface area contributed by atoms with Gasteiger partial charge in [0.2, 0.25) is 5.13 Å². The summed E-state index contributed by atoms with van der Waals surface area (Å²) in [4.78, 5) is 21.5. The van der Waals surface area contributed by atoms with Crippen molar-refractivity contribution in [3.63, 3.8) is 0 Å². The Bertz CT molecular complexity index is 1040. The number of hydrogen-bond donors (Lipinski definition) is 1. The lowest BCUT2D eigenvalue weighted by molar-refractivity contribution is 0.215. The number of aromatic nitrogens is 2. The molecule has 2 aromatic carbocycles. The molecule has 1 saturated heterocycles. The lowest BCUT2D eigenvalue weighted by atomic mass is 10.1. The predicted octanol–water partition coefficient (Wildman–Crippen LogP) is 5.49. The number of carbonyl (C=O) groups excluding carboxylic acids is 1. The maximum atomic E-state index is 12.8. The zero-order chi connectivity index (χ0) is 21.8. The summed E-state index contributed by atoms with van der Waals surface area (Å²) in [7, 11) is 0. The Morgan fingerprint density at radius 2 is 1.81 bits per heavy atom. The van der Waals surface area contributed by atoms with Gasteiger partial charge in [-0.05, 0) is 31.0 Å². The first-order chi connectivity index (χ1) is 15.0. The van der Waals surface area contributed by atoms with E-state index < -0.39 is 0 Å². The van der Waals surface area contributed by atoms with Gasteiger partial charge in [-0.15, -0.1) is 0 Å². The largest absolute Gasteiger partial charge is 0.345 e. The van der Waals surface area contributed by atoms with Gasteiger partial charge in [0.15, 0.2) is 0 Å². The predicted molar refractivity (Wildman–Crippen MR) is 128 cm³/mol. The minimum absolute atomic E-state index is 0.200. The number of nitrogens with zero attached hydrogens (tertiary/aromatic N) is 4. The maximum Gasteiger partial charge on any atom is 0.321 e. The zero-order valence-corrected chi connectivity index (χ0v) is 19.5. The highest BCUT2D eigenvalue weighted by molar-refractivity contribution is 7.09. The number of anilines is 2. The minimum Gasteiger partial charge on any atom is -0.345 e. The molecule has 0 spiro atoms. The van der Waals surface area contributed by atoms with Crippen LogP contribution >= 0.6 is 34.7 Å². The fourth-order valence-electron chi connectivity index (χ4n) is 3.45. The van der Waals surface area contributed by atoms with Crippen molar-refractivity contribution in [1.29, 1.82) is 0 Å². The highest BCUT2D eigenvalue weighted by Gasteiger charge is 2.22. The van der Waals surface area contributed by atoms with Gasteiger partial charge in [0, 0.05) is 44.1 Å². The van der Waals surface area contributed by atoms with Gasteiger partial charge in [0.25, 0.3) is 0 Å². The monoisotopic (exact) mass is 475 g/mol. The van der Waals surface area contributed by atoms with E-state index in [1.165, 1.54) is 22.7 Å². The van der Waals surface area contributed by atoms with E-state index in [2.05, 4.69) is 45.8 Å². The first-order valence-electron chi connectivity index (χ1n) is 10.1. The number of carbonyl (C=O) groups is 1. The lowest BCUT2D eigenvalue weighted by Crippen LogP contribution is -2.38. The molecule has 1 aliphatic heterocycles. The molecule has 0 saturated carbocycles. The van der Waals surface area contributed by atoms with Gasteiger partial charge in [0.1, 0.15) is 5.82 Å². The molecule has 6 nitrogen and oxygen atoms in total. The van der Waals surface area contributed by atoms with Crippen LogP contribution < -0.4 is 10.2 Å². The van der Waals surface area contributed by atoms with Crippen molar-refractivity contribution in [2.45, 2.75) is 19.8 Å². The van der Waals surface area contributed by atoms with Crippen LogP contribution in [-0.4, -0.2) is 46.5 Å². The fourth-order valence-corrected chi connectivity index (χ4v) is 4.68. The summed E-state index contributed by atoms with van der Waals surface area (Å²) in [5.41, 5.74) is 2.89. The molecule has 2 heterocycles. The van der Waals surface area contributed by atoms with Gasteiger partial charge >= 0.3 is 6.03 Å². The highest BCUT2D eigenvalue weighted by Crippen LogP contribution is 2.30. The molecule has 1 fully saturated rings. The number of aryl methyl sites for hydroxylation is 1. The Hall–Kier alpha value is -2.35. The standard InChI is InChI=1S/C22H23Cl2N5OS/c1-15-6-8-16(9-7-15)14-19-25-22(31-27-19)29-11-3-10-28(12-13-29)21(30)26-20-17(23)4-2-5-18(20)24/h2,4-9H,3,10-14H2,1H3,(H,26,30). The van der Waals surface area contributed by atoms with Crippen LogP contribution in [0.5, 0.6) is 0 Å². The highest BCUT2D eigenvalue weighted by atomic mass is 35.5. The van der Waals surface area contributed by atoms with Crippen molar-refractivity contribution in [2.75, 3.05) is 36.4 Å². The summed E-state index contributed by atoms with van der Waals surface area (Å²) in [6, 6.07) is 13.4. The lowest BCUT2D eigenvalue weighted by Gasteiger charge is -2.22. The normalized spacial score (nSPS) is 14.4. The number of benzene rings is 2. The van der Waals surface area contributed by atoms with Crippen LogP contribution in [-0.2, 0) is 6.42 Å². The third kappa shape index (κ3) is 5.47. The molecule has 1 aliphatic rings. The summed E-state index contributed by atoms with van der Waals surface area (Å²) in [6.07, 6.45) is 1.56. The first-order valence-corrected chi connectivity index (χ1v) is 11.7. The molecule has 162 valence electrons. The molecular weight excluding hydrogens is 453 g/mol. The molecule has 0 atom stereocenters. The van der Waals surface area contributed by atoms with E-state index in [-0.39, 0.29) is 6.03 Å². The average Bonchev–Trinajstić information content (AvgIpc) is 3.07. The number of nitrogens with one attached hydrogen (secondary N) is 1. The fraction of sp³-hybridized carbons (Fsp3) is 0.318. The summed E-state index contributed by atoms with van der Waals surface area (Å²) in [5, 5.41) is 4.59. The summed E-state index contributed by atoms with van der Waals surface area (Å²) >= 11 is 13.8. The van der Waals surface area contributed by atoms with E-state index in [1.54, 1.807) is 23.1 Å². The van der Waals surface area contributed by atoms with Crippen molar-refractivity contribution in [3.05, 3.63) is 69.5 Å². The molecule has 31 heavy (non-hydrogen) atoms. The van der Waals surface area contributed by atoms with Crippen molar-refractivity contribution >= 4 is 51.6 Å². The van der Waals surface area contributed by atoms with Gasteiger partial charge < -0.3 is 15.1 Å². The maximum absolute atomic E-state index is 12.8. The van der Waals surface area contributed by atoms with Crippen LogP contribution in [0.25, 0.3) is 0 Å². The second-order valence-corrected chi connectivity index (χ2v) is 9.05. The van der Waals surface area contributed by atoms with E-state index in [0.29, 0.717) is 35.4 Å². The van der Waals surface area contributed by atoms with Gasteiger partial charge in [0.05, 0.1) is 15.7 Å². The Labute approximate surface area is 196 Å². The van der Waals surface area contributed by atoms with Gasteiger partial charge in [-0.1, -0.05) is 59.1 Å². The molecule has 9 heteroatoms. The number of urea groups is 1. The molecule has 2 amide bonds. The van der Waals surface area contributed by atoms with Gasteiger partial charge in [-0.3, -0.25) is 0 Å². The third-order valence-corrected chi connectivity index (χ3v) is 6.63. The zero-order valence-electron chi connectivity index (χ0n) is 17.1. The van der Waals surface area contributed by atoms with Crippen LogP contribution in [0, 0.1) is 6.92 Å². The Kier molecular flexibility index (Phi) is 6.95. The quantitative estimate of drug-likeness (QED) is 0.541. The summed E-state index contributed by atoms with van der Waals surface area (Å²) in [6.45, 7) is 4.84. The summed E-state index contributed by atoms with van der Waals surface area (Å²) < 4.78 is 4.54. The van der Waals surface area contributed by atoms with Crippen LogP contribution in [0.3, 0.4) is 0 Å². The van der Waals surface area contributed by atoms with Crippen LogP contribution in [0.15, 0.2) is 42.5 Å². The second kappa shape index (κ2) is 9.85. The van der Waals surface area contributed by atoms with E-state index in [0.717, 1.165) is 30.3 Å². The number of halogens is 2. The minimum atomic E-state index is -0.200. The topological polar surface area (TPSA) is 61.4 Å². The summed E-state index contributed by atoms with van der Waals surface area (Å²) in [5.74, 6) is 0.830. The smallest absolute Gasteiger partial charge is 0.321 e. The van der Waals surface area contributed by atoms with Crippen LogP contribution in [0.2, 0.25) is 10.0 Å². The van der Waals surface area contributed by atoms with Crippen LogP contribution in [0.1, 0.15) is 23.4 Å². The van der Waals surface area contributed by atoms with E-state index >= 15 is 0 Å². The molecule has 3 aromatic rings. The molecule has 0 bridgehead atoms. The Balaban J connectivity index is 1.36. The van der Waals surface area contributed by atoms with E-state index in [9.17, 15) is 4.79 Å². The molecule has 0 radical (unpaired) electrons. The Morgan fingerprint density at radius 1 is 1.06 bits per heavy atom. The van der Waals surface area contributed by atoms with Crippen molar-refractivity contribution in [1.82, 2.24) is 14.3 Å². The van der Waals surface area contributed by atoms with Crippen molar-refractivity contribution in [3.8, 4) is 0 Å². The first kappa shape index (κ1) is 21.9.